The number of hydrogen-bond donors (Lipinski definition) is 1. The molecule has 0 radical (unpaired) electrons. The molecule has 0 aliphatic rings. The van der Waals surface area contributed by atoms with E-state index in [4.69, 9.17) is 10.5 Å². The van der Waals surface area contributed by atoms with Gasteiger partial charge in [-0.05, 0) is 17.7 Å². The zero-order chi connectivity index (χ0) is 12.3. The third-order valence-electron chi connectivity index (χ3n) is 2.49. The van der Waals surface area contributed by atoms with Crippen LogP contribution in [0.25, 0.3) is 11.1 Å². The summed E-state index contributed by atoms with van der Waals surface area (Å²) in [5.41, 5.74) is 8.02. The molecule has 5 heteroatoms. The molecule has 0 saturated carbocycles. The van der Waals surface area contributed by atoms with E-state index < -0.39 is 0 Å². The molecule has 2 rings (SSSR count). The molecule has 0 spiro atoms. The summed E-state index contributed by atoms with van der Waals surface area (Å²) in [6.07, 6.45) is 3.19. The normalized spacial score (nSPS) is 10.3. The van der Waals surface area contributed by atoms with Crippen molar-refractivity contribution in [2.45, 2.75) is 6.54 Å². The molecule has 0 unspecified atom stereocenters. The van der Waals surface area contributed by atoms with Crippen LogP contribution in [0.5, 0.6) is 5.75 Å². The quantitative estimate of drug-likeness (QED) is 0.877. The van der Waals surface area contributed by atoms with E-state index in [9.17, 15) is 4.39 Å². The number of nitrogens with two attached hydrogens (primary N) is 1. The average molecular weight is 233 g/mol. The fraction of sp³-hybridized carbons (Fsp3) is 0.167. The van der Waals surface area contributed by atoms with Crippen molar-refractivity contribution in [1.82, 2.24) is 10.2 Å². The van der Waals surface area contributed by atoms with Gasteiger partial charge in [-0.1, -0.05) is 0 Å². The standard InChI is InChI=1S/C12H12FN3O/c1-17-12-4-9(13)2-3-10(12)11-7-16-15-6-8(11)5-14/h2-4,6-7H,5,14H2,1H3. The van der Waals surface area contributed by atoms with Crippen LogP contribution < -0.4 is 10.5 Å². The molecule has 17 heavy (non-hydrogen) atoms. The Hall–Kier alpha value is -2.01. The van der Waals surface area contributed by atoms with Crippen LogP contribution in [0.1, 0.15) is 5.56 Å². The molecule has 4 nitrogen and oxygen atoms in total. The van der Waals surface area contributed by atoms with Gasteiger partial charge in [0.1, 0.15) is 11.6 Å². The maximum atomic E-state index is 13.1. The SMILES string of the molecule is COc1cc(F)ccc1-c1cnncc1CN. The van der Waals surface area contributed by atoms with Crippen molar-refractivity contribution >= 4 is 0 Å². The Kier molecular flexibility index (Phi) is 3.30. The topological polar surface area (TPSA) is 61.0 Å². The Morgan fingerprint density at radius 3 is 2.71 bits per heavy atom. The van der Waals surface area contributed by atoms with Crippen molar-refractivity contribution in [3.8, 4) is 16.9 Å². The summed E-state index contributed by atoms with van der Waals surface area (Å²) in [4.78, 5) is 0. The zero-order valence-corrected chi connectivity index (χ0v) is 9.35. The lowest BCUT2D eigenvalue weighted by molar-refractivity contribution is 0.413. The van der Waals surface area contributed by atoms with Gasteiger partial charge in [-0.15, -0.1) is 0 Å². The van der Waals surface area contributed by atoms with E-state index in [0.717, 1.165) is 16.7 Å². The predicted octanol–water partition coefficient (Wildman–Crippen LogP) is 1.75. The van der Waals surface area contributed by atoms with Crippen molar-refractivity contribution in [1.29, 1.82) is 0 Å². The first-order chi connectivity index (χ1) is 8.26. The molecule has 1 heterocycles. The Balaban J connectivity index is 2.59. The van der Waals surface area contributed by atoms with Crippen LogP contribution in [-0.4, -0.2) is 17.3 Å². The third kappa shape index (κ3) is 2.24. The first kappa shape index (κ1) is 11.5. The molecule has 0 aliphatic heterocycles. The number of benzene rings is 1. The highest BCUT2D eigenvalue weighted by Crippen LogP contribution is 2.31. The highest BCUT2D eigenvalue weighted by atomic mass is 19.1. The minimum absolute atomic E-state index is 0.339. The molecule has 2 N–H and O–H groups in total. The lowest BCUT2D eigenvalue weighted by Crippen LogP contribution is -2.01. The average Bonchev–Trinajstić information content (AvgIpc) is 2.38. The highest BCUT2D eigenvalue weighted by molar-refractivity contribution is 5.72. The van der Waals surface area contributed by atoms with Crippen LogP contribution in [0.2, 0.25) is 0 Å². The molecule has 88 valence electrons. The van der Waals surface area contributed by atoms with E-state index in [1.165, 1.54) is 19.2 Å². The summed E-state index contributed by atoms with van der Waals surface area (Å²) in [6, 6.07) is 4.35. The molecule has 0 saturated heterocycles. The number of aromatic nitrogens is 2. The maximum Gasteiger partial charge on any atom is 0.129 e. The zero-order valence-electron chi connectivity index (χ0n) is 9.35. The van der Waals surface area contributed by atoms with E-state index >= 15 is 0 Å². The fourth-order valence-electron chi connectivity index (χ4n) is 1.64. The number of ether oxygens (including phenoxy) is 1. The molecular weight excluding hydrogens is 221 g/mol. The summed E-state index contributed by atoms with van der Waals surface area (Å²) >= 11 is 0. The summed E-state index contributed by atoms with van der Waals surface area (Å²) in [5.74, 6) is 0.106. The van der Waals surface area contributed by atoms with Crippen LogP contribution in [0.15, 0.2) is 30.6 Å². The van der Waals surface area contributed by atoms with E-state index in [1.54, 1.807) is 18.5 Å². The van der Waals surface area contributed by atoms with Crippen molar-refractivity contribution in [2.24, 2.45) is 5.73 Å². The van der Waals surface area contributed by atoms with Crippen molar-refractivity contribution in [3.63, 3.8) is 0 Å². The Morgan fingerprint density at radius 2 is 2.00 bits per heavy atom. The Morgan fingerprint density at radius 1 is 1.24 bits per heavy atom. The second kappa shape index (κ2) is 4.88. The van der Waals surface area contributed by atoms with Crippen LogP contribution in [-0.2, 0) is 6.54 Å². The van der Waals surface area contributed by atoms with Gasteiger partial charge in [0, 0.05) is 23.7 Å². The monoisotopic (exact) mass is 233 g/mol. The maximum absolute atomic E-state index is 13.1. The molecular formula is C12H12FN3O. The van der Waals surface area contributed by atoms with E-state index in [2.05, 4.69) is 10.2 Å². The molecule has 0 amide bonds. The lowest BCUT2D eigenvalue weighted by atomic mass is 10.0. The minimum atomic E-state index is -0.345. The molecule has 0 bridgehead atoms. The molecule has 0 fully saturated rings. The van der Waals surface area contributed by atoms with Gasteiger partial charge in [0.2, 0.25) is 0 Å². The van der Waals surface area contributed by atoms with Crippen molar-refractivity contribution in [3.05, 3.63) is 42.0 Å². The largest absolute Gasteiger partial charge is 0.496 e. The fourth-order valence-corrected chi connectivity index (χ4v) is 1.64. The number of nitrogens with zero attached hydrogens (tertiary/aromatic N) is 2. The second-order valence-corrected chi connectivity index (χ2v) is 3.48. The summed E-state index contributed by atoms with van der Waals surface area (Å²) in [5, 5.41) is 7.58. The van der Waals surface area contributed by atoms with E-state index in [-0.39, 0.29) is 5.82 Å². The predicted molar refractivity (Wildman–Crippen MR) is 61.9 cm³/mol. The van der Waals surface area contributed by atoms with Gasteiger partial charge in [-0.2, -0.15) is 10.2 Å². The molecule has 1 aromatic heterocycles. The van der Waals surface area contributed by atoms with Gasteiger partial charge in [0.05, 0.1) is 19.5 Å². The van der Waals surface area contributed by atoms with E-state index in [1.807, 2.05) is 0 Å². The number of methoxy groups -OCH3 is 1. The smallest absolute Gasteiger partial charge is 0.129 e. The van der Waals surface area contributed by atoms with Gasteiger partial charge in [-0.3, -0.25) is 0 Å². The first-order valence-corrected chi connectivity index (χ1v) is 5.09. The Bertz CT molecular complexity index is 531. The van der Waals surface area contributed by atoms with Crippen molar-refractivity contribution < 1.29 is 9.13 Å². The molecule has 0 atom stereocenters. The molecule has 2 aromatic rings. The molecule has 0 aliphatic carbocycles. The number of hydrogen-bond acceptors (Lipinski definition) is 4. The lowest BCUT2D eigenvalue weighted by Gasteiger charge is -2.11. The van der Waals surface area contributed by atoms with Crippen LogP contribution in [0, 0.1) is 5.82 Å². The highest BCUT2D eigenvalue weighted by Gasteiger charge is 2.11. The van der Waals surface area contributed by atoms with Crippen LogP contribution in [0.3, 0.4) is 0 Å². The summed E-state index contributed by atoms with van der Waals surface area (Å²) in [6.45, 7) is 0.339. The van der Waals surface area contributed by atoms with Gasteiger partial charge in [0.25, 0.3) is 0 Å². The van der Waals surface area contributed by atoms with Gasteiger partial charge >= 0.3 is 0 Å². The van der Waals surface area contributed by atoms with Gasteiger partial charge in [-0.25, -0.2) is 4.39 Å². The van der Waals surface area contributed by atoms with Gasteiger partial charge in [0.15, 0.2) is 0 Å². The summed E-state index contributed by atoms with van der Waals surface area (Å²) < 4.78 is 18.3. The summed E-state index contributed by atoms with van der Waals surface area (Å²) in [7, 11) is 1.50. The van der Waals surface area contributed by atoms with Crippen molar-refractivity contribution in [2.75, 3.05) is 7.11 Å². The minimum Gasteiger partial charge on any atom is -0.496 e. The Labute approximate surface area is 98.2 Å². The van der Waals surface area contributed by atoms with Crippen LogP contribution in [0.4, 0.5) is 4.39 Å². The molecule has 1 aromatic carbocycles. The van der Waals surface area contributed by atoms with E-state index in [0.29, 0.717) is 12.3 Å². The second-order valence-electron chi connectivity index (χ2n) is 3.48. The third-order valence-corrected chi connectivity index (χ3v) is 2.49. The van der Waals surface area contributed by atoms with Crippen LogP contribution >= 0.6 is 0 Å². The first-order valence-electron chi connectivity index (χ1n) is 5.09. The number of halogens is 1. The number of rotatable bonds is 3. The van der Waals surface area contributed by atoms with Gasteiger partial charge < -0.3 is 10.5 Å².